The van der Waals surface area contributed by atoms with Crippen LogP contribution < -0.4 is 4.90 Å². The van der Waals surface area contributed by atoms with Crippen LogP contribution in [0.5, 0.6) is 0 Å². The maximum absolute atomic E-state index is 11.9. The molecule has 8 heteroatoms. The highest BCUT2D eigenvalue weighted by Crippen LogP contribution is 2.31. The maximum atomic E-state index is 11.9. The van der Waals surface area contributed by atoms with Crippen LogP contribution in [0, 0.1) is 6.92 Å². The summed E-state index contributed by atoms with van der Waals surface area (Å²) in [6.45, 7) is 4.52. The standard InChI is InChI=1S/C21H31N3O4S/c1-16-8-9-20(29(25,26)27)18(21(16)19-14-24(2)12-13-28-19)10-11-22-15-23-17-6-4-3-5-7-17/h8-9,17,19H,3-7,10-14H2,1-2H3,(H,25,26,27). The molecular formula is C21H31N3O4S. The second-order valence-corrected chi connectivity index (χ2v) is 9.50. The van der Waals surface area contributed by atoms with Gasteiger partial charge >= 0.3 is 0 Å². The van der Waals surface area contributed by atoms with E-state index in [0.717, 1.165) is 37.1 Å². The molecule has 3 rings (SSSR count). The minimum atomic E-state index is -4.58. The monoisotopic (exact) mass is 421 g/mol. The van der Waals surface area contributed by atoms with Crippen LogP contribution in [-0.2, 0) is 21.3 Å². The Hall–Kier alpha value is -1.57. The number of nitrogens with zero attached hydrogens (tertiary/aromatic N) is 2. The molecule has 1 aromatic rings. The van der Waals surface area contributed by atoms with Crippen LogP contribution in [-0.4, -0.2) is 58.3 Å². The number of benzene rings is 1. The molecule has 1 saturated heterocycles. The lowest BCUT2D eigenvalue weighted by molar-refractivity contribution is -0.893. The van der Waals surface area contributed by atoms with E-state index in [4.69, 9.17) is 4.74 Å². The highest BCUT2D eigenvalue weighted by atomic mass is 32.2. The van der Waals surface area contributed by atoms with Gasteiger partial charge in [-0.25, -0.2) is 18.4 Å². The molecule has 1 aliphatic carbocycles. The van der Waals surface area contributed by atoms with Crippen molar-refractivity contribution in [3.8, 4) is 0 Å². The van der Waals surface area contributed by atoms with Crippen LogP contribution in [0.1, 0.15) is 54.9 Å². The number of nitrogens with one attached hydrogen (secondary N) is 1. The van der Waals surface area contributed by atoms with E-state index in [0.29, 0.717) is 31.2 Å². The highest BCUT2D eigenvalue weighted by molar-refractivity contribution is 7.85. The van der Waals surface area contributed by atoms with Crippen molar-refractivity contribution in [3.63, 3.8) is 0 Å². The second-order valence-electron chi connectivity index (χ2n) is 8.15. The van der Waals surface area contributed by atoms with Gasteiger partial charge < -0.3 is 14.2 Å². The molecule has 2 aliphatic rings. The molecule has 160 valence electrons. The Morgan fingerprint density at radius 2 is 2.03 bits per heavy atom. The van der Waals surface area contributed by atoms with Crippen molar-refractivity contribution in [1.29, 1.82) is 0 Å². The lowest BCUT2D eigenvalue weighted by Crippen LogP contribution is -3.11. The zero-order valence-corrected chi connectivity index (χ0v) is 18.1. The minimum Gasteiger partial charge on any atom is -0.744 e. The van der Waals surface area contributed by atoms with Gasteiger partial charge in [-0.2, -0.15) is 0 Å². The zero-order valence-electron chi connectivity index (χ0n) is 17.3. The van der Waals surface area contributed by atoms with Gasteiger partial charge in [0, 0.05) is 0 Å². The summed E-state index contributed by atoms with van der Waals surface area (Å²) >= 11 is 0. The third kappa shape index (κ3) is 5.96. The van der Waals surface area contributed by atoms with Gasteiger partial charge in [0.1, 0.15) is 29.3 Å². The molecule has 1 N–H and O–H groups in total. The zero-order chi connectivity index (χ0) is 20.9. The van der Waals surface area contributed by atoms with Crippen molar-refractivity contribution in [1.82, 2.24) is 0 Å². The summed E-state index contributed by atoms with van der Waals surface area (Å²) in [5.41, 5.74) is 2.29. The molecule has 2 unspecified atom stereocenters. The quantitative estimate of drug-likeness (QED) is 0.557. The van der Waals surface area contributed by atoms with Crippen LogP contribution >= 0.6 is 0 Å². The van der Waals surface area contributed by atoms with Gasteiger partial charge in [0.15, 0.2) is 0 Å². The molecule has 29 heavy (non-hydrogen) atoms. The Balaban J connectivity index is 1.84. The fraction of sp³-hybridized carbons (Fsp3) is 0.667. The average molecular weight is 422 g/mol. The number of ether oxygens (including phenoxy) is 1. The van der Waals surface area contributed by atoms with Gasteiger partial charge in [-0.15, -0.1) is 0 Å². The molecule has 0 radical (unpaired) electrons. The molecule has 0 amide bonds. The first kappa shape index (κ1) is 22.1. The first-order chi connectivity index (χ1) is 13.9. The molecule has 0 spiro atoms. The number of morpholine rings is 1. The lowest BCUT2D eigenvalue weighted by Gasteiger charge is -2.31. The van der Waals surface area contributed by atoms with Crippen molar-refractivity contribution in [2.75, 3.05) is 33.3 Å². The van der Waals surface area contributed by atoms with Crippen LogP contribution in [0.25, 0.3) is 0 Å². The van der Waals surface area contributed by atoms with E-state index in [1.807, 2.05) is 6.92 Å². The number of hydrogen-bond donors (Lipinski definition) is 1. The van der Waals surface area contributed by atoms with Crippen molar-refractivity contribution in [2.24, 2.45) is 9.98 Å². The number of rotatable bonds is 6. The van der Waals surface area contributed by atoms with E-state index in [-0.39, 0.29) is 11.0 Å². The molecule has 0 bridgehead atoms. The predicted molar refractivity (Wildman–Crippen MR) is 110 cm³/mol. The fourth-order valence-corrected chi connectivity index (χ4v) is 5.04. The first-order valence-electron chi connectivity index (χ1n) is 10.5. The molecule has 1 saturated carbocycles. The van der Waals surface area contributed by atoms with Crippen molar-refractivity contribution >= 4 is 16.1 Å². The molecule has 1 heterocycles. The molecule has 0 aromatic heterocycles. The van der Waals surface area contributed by atoms with Crippen LogP contribution in [0.4, 0.5) is 0 Å². The second kappa shape index (κ2) is 9.96. The lowest BCUT2D eigenvalue weighted by atomic mass is 9.94. The fourth-order valence-electron chi connectivity index (χ4n) is 4.29. The smallest absolute Gasteiger partial charge is 0.132 e. The minimum absolute atomic E-state index is 0.163. The van der Waals surface area contributed by atoms with Gasteiger partial charge in [-0.1, -0.05) is 25.3 Å². The van der Waals surface area contributed by atoms with E-state index in [2.05, 4.69) is 23.0 Å². The number of likely N-dealkylation sites (N-methyl/N-ethyl adjacent to an activating group) is 1. The number of aryl methyl sites for hydroxylation is 1. The summed E-state index contributed by atoms with van der Waals surface area (Å²) in [5.74, 6) is 0. The topological polar surface area (TPSA) is 95.6 Å². The van der Waals surface area contributed by atoms with E-state index in [9.17, 15) is 13.0 Å². The maximum Gasteiger partial charge on any atom is 0.132 e. The summed E-state index contributed by atoms with van der Waals surface area (Å²) in [5, 5.41) is 0. The van der Waals surface area contributed by atoms with E-state index in [1.54, 1.807) is 6.07 Å². The molecule has 7 nitrogen and oxygen atoms in total. The number of quaternary nitrogens is 1. The van der Waals surface area contributed by atoms with E-state index in [1.165, 1.54) is 30.2 Å². The van der Waals surface area contributed by atoms with Gasteiger partial charge in [-0.3, -0.25) is 0 Å². The Kier molecular flexibility index (Phi) is 7.60. The Morgan fingerprint density at radius 1 is 1.28 bits per heavy atom. The van der Waals surface area contributed by atoms with Gasteiger partial charge in [0.2, 0.25) is 0 Å². The summed E-state index contributed by atoms with van der Waals surface area (Å²) in [4.78, 5) is 9.81. The van der Waals surface area contributed by atoms with Crippen LogP contribution in [0.15, 0.2) is 27.0 Å². The molecule has 1 aliphatic heterocycles. The van der Waals surface area contributed by atoms with Gasteiger partial charge in [0.05, 0.1) is 37.1 Å². The Labute approximate surface area is 173 Å². The number of aliphatic imine (C=N–C) groups is 2. The molecular weight excluding hydrogens is 390 g/mol. The van der Waals surface area contributed by atoms with E-state index >= 15 is 0 Å². The summed E-state index contributed by atoms with van der Waals surface area (Å²) in [6.07, 6.45) is 5.96. The summed E-state index contributed by atoms with van der Waals surface area (Å²) in [6, 6.07) is 6.20. The summed E-state index contributed by atoms with van der Waals surface area (Å²) < 4.78 is 41.6. The largest absolute Gasteiger partial charge is 0.744 e. The third-order valence-electron chi connectivity index (χ3n) is 5.86. The first-order valence-corrected chi connectivity index (χ1v) is 11.9. The predicted octanol–water partition coefficient (Wildman–Crippen LogP) is 1.53. The SMILES string of the molecule is Cc1ccc(S(=O)(=O)[O-])c(CCN=C=NC2CCCCC2)c1C1C[NH+](C)CCO1. The highest BCUT2D eigenvalue weighted by Gasteiger charge is 2.28. The van der Waals surface area contributed by atoms with Crippen LogP contribution in [0.2, 0.25) is 0 Å². The Morgan fingerprint density at radius 3 is 2.72 bits per heavy atom. The normalized spacial score (nSPS) is 23.4. The Bertz CT molecular complexity index is 872. The van der Waals surface area contributed by atoms with E-state index < -0.39 is 10.1 Å². The molecule has 2 fully saturated rings. The average Bonchev–Trinajstić information content (AvgIpc) is 2.67. The van der Waals surface area contributed by atoms with Gasteiger partial charge in [0.25, 0.3) is 0 Å². The van der Waals surface area contributed by atoms with Gasteiger partial charge in [-0.05, 0) is 48.9 Å². The van der Waals surface area contributed by atoms with Crippen LogP contribution in [0.3, 0.4) is 0 Å². The molecule has 1 aromatic carbocycles. The van der Waals surface area contributed by atoms with Crippen molar-refractivity contribution in [2.45, 2.75) is 62.5 Å². The molecule has 2 atom stereocenters. The third-order valence-corrected chi connectivity index (χ3v) is 6.79. The number of hydrogen-bond acceptors (Lipinski definition) is 6. The van der Waals surface area contributed by atoms with Crippen molar-refractivity contribution < 1.29 is 22.6 Å². The summed E-state index contributed by atoms with van der Waals surface area (Å²) in [7, 11) is -2.49. The van der Waals surface area contributed by atoms with Crippen molar-refractivity contribution in [3.05, 3.63) is 28.8 Å².